The number of para-hydroxylation sites is 1. The summed E-state index contributed by atoms with van der Waals surface area (Å²) in [5.41, 5.74) is 1.57. The molecule has 0 aliphatic carbocycles. The molecule has 1 aromatic carbocycles. The van der Waals surface area contributed by atoms with Gasteiger partial charge in [-0.05, 0) is 24.3 Å². The van der Waals surface area contributed by atoms with Crippen molar-refractivity contribution in [3.8, 4) is 0 Å². The maximum atomic E-state index is 11.9. The topological polar surface area (TPSA) is 54.5 Å². The molecule has 1 fully saturated rings. The lowest BCUT2D eigenvalue weighted by atomic mass is 10.2. The second-order valence-corrected chi connectivity index (χ2v) is 4.09. The molecule has 0 spiro atoms. The van der Waals surface area contributed by atoms with Crippen LogP contribution in [0.25, 0.3) is 0 Å². The number of amides is 1. The summed E-state index contributed by atoms with van der Waals surface area (Å²) in [4.78, 5) is 16.1. The van der Waals surface area contributed by atoms with Crippen LogP contribution >= 0.6 is 0 Å². The summed E-state index contributed by atoms with van der Waals surface area (Å²) in [7, 11) is 0. The first-order chi connectivity index (χ1) is 8.84. The molecule has 1 N–H and O–H groups in total. The molecule has 0 bridgehead atoms. The summed E-state index contributed by atoms with van der Waals surface area (Å²) in [5, 5.41) is 2.81. The predicted molar refractivity (Wildman–Crippen MR) is 66.9 cm³/mol. The Balaban J connectivity index is 1.63. The van der Waals surface area contributed by atoms with E-state index in [2.05, 4.69) is 10.3 Å². The van der Waals surface area contributed by atoms with Gasteiger partial charge in [0.2, 0.25) is 0 Å². The largest absolute Gasteiger partial charge is 0.352 e. The van der Waals surface area contributed by atoms with E-state index in [1.54, 1.807) is 6.20 Å². The van der Waals surface area contributed by atoms with E-state index in [0.29, 0.717) is 0 Å². The average Bonchev–Trinajstić information content (AvgIpc) is 3.21. The molecule has 4 nitrogen and oxygen atoms in total. The molecule has 1 saturated heterocycles. The maximum absolute atomic E-state index is 11.9. The van der Waals surface area contributed by atoms with E-state index in [0.717, 1.165) is 11.4 Å². The van der Waals surface area contributed by atoms with Crippen molar-refractivity contribution in [3.05, 3.63) is 60.4 Å². The summed E-state index contributed by atoms with van der Waals surface area (Å²) < 4.78 is 5.36. The van der Waals surface area contributed by atoms with Crippen molar-refractivity contribution in [2.75, 3.05) is 5.32 Å². The fraction of sp³-hybridized carbons (Fsp3) is 0.143. The number of rotatable bonds is 3. The van der Waals surface area contributed by atoms with Gasteiger partial charge in [-0.25, -0.2) is 0 Å². The predicted octanol–water partition coefficient (Wildman–Crippen LogP) is 2.16. The van der Waals surface area contributed by atoms with Crippen LogP contribution in [0, 0.1) is 0 Å². The highest BCUT2D eigenvalue weighted by atomic mass is 16.6. The minimum absolute atomic E-state index is 0.128. The number of aromatic nitrogens is 1. The first-order valence-corrected chi connectivity index (χ1v) is 5.77. The molecule has 0 unspecified atom stereocenters. The van der Waals surface area contributed by atoms with Gasteiger partial charge in [0.25, 0.3) is 5.91 Å². The molecule has 1 aliphatic heterocycles. The molecular weight excluding hydrogens is 228 g/mol. The third kappa shape index (κ3) is 2.24. The van der Waals surface area contributed by atoms with E-state index in [1.807, 2.05) is 48.5 Å². The highest BCUT2D eigenvalue weighted by molar-refractivity contribution is 5.96. The van der Waals surface area contributed by atoms with Crippen LogP contribution in [-0.4, -0.2) is 17.0 Å². The summed E-state index contributed by atoms with van der Waals surface area (Å²) in [6.45, 7) is 0. The van der Waals surface area contributed by atoms with Crippen molar-refractivity contribution < 1.29 is 9.53 Å². The van der Waals surface area contributed by atoms with Gasteiger partial charge in [-0.15, -0.1) is 0 Å². The second kappa shape index (κ2) is 4.58. The number of nitrogens with zero attached hydrogens (tertiary/aromatic N) is 1. The number of hydrogen-bond acceptors (Lipinski definition) is 3. The number of pyridine rings is 1. The first-order valence-electron chi connectivity index (χ1n) is 5.77. The van der Waals surface area contributed by atoms with Crippen LogP contribution in [-0.2, 0) is 9.53 Å². The number of anilines is 1. The molecule has 1 aliphatic rings. The molecule has 2 heterocycles. The zero-order chi connectivity index (χ0) is 12.4. The number of nitrogens with one attached hydrogen (secondary N) is 1. The molecule has 2 atom stereocenters. The lowest BCUT2D eigenvalue weighted by Crippen LogP contribution is -2.18. The SMILES string of the molecule is O=C(Nc1ccccc1)[C@H]1O[C@H]1c1ccccn1. The zero-order valence-electron chi connectivity index (χ0n) is 9.61. The lowest BCUT2D eigenvalue weighted by molar-refractivity contribution is -0.117. The minimum Gasteiger partial charge on any atom is -0.352 e. The van der Waals surface area contributed by atoms with Gasteiger partial charge in [0, 0.05) is 11.9 Å². The Bertz CT molecular complexity index is 542. The van der Waals surface area contributed by atoms with E-state index in [1.165, 1.54) is 0 Å². The van der Waals surface area contributed by atoms with Gasteiger partial charge in [0.1, 0.15) is 6.10 Å². The summed E-state index contributed by atoms with van der Waals surface area (Å²) in [5.74, 6) is -0.128. The Kier molecular flexibility index (Phi) is 2.78. The molecule has 3 rings (SSSR count). The van der Waals surface area contributed by atoms with Crippen LogP contribution in [0.4, 0.5) is 5.69 Å². The van der Waals surface area contributed by atoms with Gasteiger partial charge in [0.15, 0.2) is 6.10 Å². The Morgan fingerprint density at radius 1 is 1.11 bits per heavy atom. The molecule has 1 aromatic heterocycles. The molecule has 2 aromatic rings. The van der Waals surface area contributed by atoms with E-state index in [-0.39, 0.29) is 12.0 Å². The van der Waals surface area contributed by atoms with Crippen molar-refractivity contribution in [2.45, 2.75) is 12.2 Å². The third-order valence-corrected chi connectivity index (χ3v) is 2.77. The van der Waals surface area contributed by atoms with Crippen LogP contribution in [0.5, 0.6) is 0 Å². The van der Waals surface area contributed by atoms with Crippen molar-refractivity contribution >= 4 is 11.6 Å². The number of carbonyl (C=O) groups excluding carboxylic acids is 1. The van der Waals surface area contributed by atoms with E-state index < -0.39 is 6.10 Å². The fourth-order valence-corrected chi connectivity index (χ4v) is 1.82. The van der Waals surface area contributed by atoms with E-state index in [4.69, 9.17) is 4.74 Å². The number of benzene rings is 1. The van der Waals surface area contributed by atoms with Crippen LogP contribution in [0.2, 0.25) is 0 Å². The summed E-state index contributed by atoms with van der Waals surface area (Å²) in [6, 6.07) is 14.9. The van der Waals surface area contributed by atoms with Gasteiger partial charge in [0.05, 0.1) is 5.69 Å². The van der Waals surface area contributed by atoms with E-state index in [9.17, 15) is 4.79 Å². The molecular formula is C14H12N2O2. The Morgan fingerprint density at radius 3 is 2.61 bits per heavy atom. The van der Waals surface area contributed by atoms with Crippen molar-refractivity contribution in [3.63, 3.8) is 0 Å². The summed E-state index contributed by atoms with van der Waals surface area (Å²) in [6.07, 6.45) is 1.05. The molecule has 1 amide bonds. The molecule has 4 heteroatoms. The number of carbonyl (C=O) groups is 1. The standard InChI is InChI=1S/C14H12N2O2/c17-14(16-10-6-2-1-3-7-10)13-12(18-13)11-8-4-5-9-15-11/h1-9,12-13H,(H,16,17)/t12-,13-/m0/s1. The lowest BCUT2D eigenvalue weighted by Gasteiger charge is -2.01. The average molecular weight is 240 g/mol. The van der Waals surface area contributed by atoms with Crippen LogP contribution < -0.4 is 5.32 Å². The Morgan fingerprint density at radius 2 is 1.89 bits per heavy atom. The molecule has 90 valence electrons. The Hall–Kier alpha value is -2.20. The fourth-order valence-electron chi connectivity index (χ4n) is 1.82. The van der Waals surface area contributed by atoms with Crippen molar-refractivity contribution in [1.82, 2.24) is 4.98 Å². The normalized spacial score (nSPS) is 21.3. The monoisotopic (exact) mass is 240 g/mol. The highest BCUT2D eigenvalue weighted by Crippen LogP contribution is 2.38. The van der Waals surface area contributed by atoms with E-state index >= 15 is 0 Å². The quantitative estimate of drug-likeness (QED) is 0.836. The van der Waals surface area contributed by atoms with Gasteiger partial charge in [-0.3, -0.25) is 9.78 Å². The Labute approximate surface area is 105 Å². The van der Waals surface area contributed by atoms with Gasteiger partial charge < -0.3 is 10.1 Å². The number of epoxide rings is 1. The van der Waals surface area contributed by atoms with Gasteiger partial charge in [-0.1, -0.05) is 24.3 Å². The van der Waals surface area contributed by atoms with Crippen LogP contribution in [0.3, 0.4) is 0 Å². The van der Waals surface area contributed by atoms with Crippen molar-refractivity contribution in [2.24, 2.45) is 0 Å². The number of hydrogen-bond donors (Lipinski definition) is 1. The highest BCUT2D eigenvalue weighted by Gasteiger charge is 2.47. The second-order valence-electron chi connectivity index (χ2n) is 4.09. The third-order valence-electron chi connectivity index (χ3n) is 2.77. The van der Waals surface area contributed by atoms with Crippen molar-refractivity contribution in [1.29, 1.82) is 0 Å². The van der Waals surface area contributed by atoms with Gasteiger partial charge in [-0.2, -0.15) is 0 Å². The number of ether oxygens (including phenoxy) is 1. The first kappa shape index (κ1) is 10.9. The zero-order valence-corrected chi connectivity index (χ0v) is 9.61. The molecule has 0 saturated carbocycles. The summed E-state index contributed by atoms with van der Waals surface area (Å²) >= 11 is 0. The molecule has 18 heavy (non-hydrogen) atoms. The maximum Gasteiger partial charge on any atom is 0.256 e. The molecule has 0 radical (unpaired) electrons. The van der Waals surface area contributed by atoms with Crippen LogP contribution in [0.1, 0.15) is 11.8 Å². The minimum atomic E-state index is -0.430. The smallest absolute Gasteiger partial charge is 0.256 e. The van der Waals surface area contributed by atoms with Gasteiger partial charge >= 0.3 is 0 Å². The van der Waals surface area contributed by atoms with Crippen LogP contribution in [0.15, 0.2) is 54.7 Å².